The van der Waals surface area contributed by atoms with Gasteiger partial charge in [0.2, 0.25) is 0 Å². The fourth-order valence-corrected chi connectivity index (χ4v) is 3.63. The van der Waals surface area contributed by atoms with Gasteiger partial charge in [-0.05, 0) is 25.3 Å². The molecule has 3 saturated carbocycles. The van der Waals surface area contributed by atoms with Gasteiger partial charge in [0.05, 0.1) is 16.6 Å². The van der Waals surface area contributed by atoms with Crippen LogP contribution in [0.5, 0.6) is 0 Å². The molecule has 1 aromatic carbocycles. The number of aromatic nitrogens is 2. The van der Waals surface area contributed by atoms with Crippen molar-refractivity contribution in [2.75, 3.05) is 0 Å². The Morgan fingerprint density at radius 3 is 2.25 bits per heavy atom. The van der Waals surface area contributed by atoms with Crippen molar-refractivity contribution in [2.45, 2.75) is 31.0 Å². The molecule has 0 saturated heterocycles. The number of benzene rings is 1. The van der Waals surface area contributed by atoms with E-state index in [1.165, 1.54) is 0 Å². The molecule has 3 aliphatic carbocycles. The molecule has 0 atom stereocenters. The number of halogens is 3. The van der Waals surface area contributed by atoms with Gasteiger partial charge in [0.15, 0.2) is 0 Å². The van der Waals surface area contributed by atoms with Crippen LogP contribution in [-0.2, 0) is 5.54 Å². The molecule has 0 aliphatic heterocycles. The number of hydrogen-bond acceptors (Lipinski definition) is 1. The molecule has 3 aliphatic rings. The van der Waals surface area contributed by atoms with E-state index in [0.29, 0.717) is 0 Å². The first-order chi connectivity index (χ1) is 9.44. The molecule has 1 heterocycles. The molecular weight excluding hydrogens is 265 g/mol. The van der Waals surface area contributed by atoms with Gasteiger partial charge in [-0.15, -0.1) is 0 Å². The molecule has 0 spiro atoms. The fourth-order valence-electron chi connectivity index (χ4n) is 3.63. The fraction of sp³-hybridized carbons (Fsp3) is 0.400. The summed E-state index contributed by atoms with van der Waals surface area (Å²) in [6.07, 6.45) is -1.72. The molecule has 0 radical (unpaired) electrons. The van der Waals surface area contributed by atoms with Crippen molar-refractivity contribution in [3.63, 3.8) is 0 Å². The molecule has 2 aromatic rings. The van der Waals surface area contributed by atoms with Crippen LogP contribution in [0, 0.1) is 5.41 Å². The van der Waals surface area contributed by atoms with Crippen LogP contribution in [-0.4, -0.2) is 16.0 Å². The average molecular weight is 278 g/mol. The van der Waals surface area contributed by atoms with Gasteiger partial charge >= 0.3 is 6.18 Å². The molecular formula is C15H13F3N2. The summed E-state index contributed by atoms with van der Waals surface area (Å²) in [6.45, 7) is 0. The highest BCUT2D eigenvalue weighted by atomic mass is 19.4. The van der Waals surface area contributed by atoms with Crippen molar-refractivity contribution in [3.8, 4) is 11.3 Å². The second-order valence-electron chi connectivity index (χ2n) is 6.04. The summed E-state index contributed by atoms with van der Waals surface area (Å²) in [4.78, 5) is 0. The van der Waals surface area contributed by atoms with E-state index in [1.54, 1.807) is 4.68 Å². The maximum absolute atomic E-state index is 12.8. The van der Waals surface area contributed by atoms with Crippen LogP contribution in [0.15, 0.2) is 42.6 Å². The first-order valence-electron chi connectivity index (χ1n) is 6.63. The number of nitrogens with zero attached hydrogens (tertiary/aromatic N) is 2. The molecule has 2 nitrogen and oxygen atoms in total. The van der Waals surface area contributed by atoms with Crippen LogP contribution in [0.2, 0.25) is 0 Å². The summed E-state index contributed by atoms with van der Waals surface area (Å²) in [6, 6.07) is 11.5. The first kappa shape index (κ1) is 12.0. The summed E-state index contributed by atoms with van der Waals surface area (Å²) in [5.74, 6) is 0. The van der Waals surface area contributed by atoms with E-state index < -0.39 is 11.6 Å². The lowest BCUT2D eigenvalue weighted by atomic mass is 9.39. The minimum Gasteiger partial charge on any atom is -0.266 e. The summed E-state index contributed by atoms with van der Waals surface area (Å²) < 4.78 is 40.3. The van der Waals surface area contributed by atoms with Crippen molar-refractivity contribution >= 4 is 0 Å². The van der Waals surface area contributed by atoms with E-state index in [1.807, 2.05) is 42.6 Å². The van der Waals surface area contributed by atoms with Gasteiger partial charge in [0.25, 0.3) is 0 Å². The SMILES string of the molecule is FC(F)(F)C12CC(n3ccc(-c4ccccc4)n3)(C1)C2. The van der Waals surface area contributed by atoms with E-state index in [-0.39, 0.29) is 24.8 Å². The van der Waals surface area contributed by atoms with Gasteiger partial charge < -0.3 is 0 Å². The lowest BCUT2D eigenvalue weighted by Gasteiger charge is -2.69. The van der Waals surface area contributed by atoms with Gasteiger partial charge in [-0.3, -0.25) is 4.68 Å². The molecule has 2 bridgehead atoms. The quantitative estimate of drug-likeness (QED) is 0.812. The summed E-state index contributed by atoms with van der Waals surface area (Å²) in [7, 11) is 0. The molecule has 0 N–H and O–H groups in total. The largest absolute Gasteiger partial charge is 0.394 e. The van der Waals surface area contributed by atoms with E-state index in [0.717, 1.165) is 11.3 Å². The lowest BCUT2D eigenvalue weighted by molar-refractivity contribution is -0.356. The molecule has 5 heteroatoms. The Bertz CT molecular complexity index is 637. The Balaban J connectivity index is 1.58. The van der Waals surface area contributed by atoms with E-state index in [4.69, 9.17) is 0 Å². The highest BCUT2D eigenvalue weighted by Crippen LogP contribution is 2.76. The third-order valence-electron chi connectivity index (χ3n) is 4.75. The summed E-state index contributed by atoms with van der Waals surface area (Å²) in [5, 5.41) is 4.47. The zero-order chi connectivity index (χ0) is 14.0. The Morgan fingerprint density at radius 1 is 1.00 bits per heavy atom. The minimum atomic E-state index is -4.07. The molecule has 5 rings (SSSR count). The zero-order valence-corrected chi connectivity index (χ0v) is 10.7. The Labute approximate surface area is 114 Å². The van der Waals surface area contributed by atoms with Gasteiger partial charge in [-0.25, -0.2) is 0 Å². The Hall–Kier alpha value is -1.78. The van der Waals surface area contributed by atoms with Crippen LogP contribution in [0.1, 0.15) is 19.3 Å². The summed E-state index contributed by atoms with van der Waals surface area (Å²) >= 11 is 0. The van der Waals surface area contributed by atoms with Gasteiger partial charge in [-0.2, -0.15) is 18.3 Å². The predicted octanol–water partition coefficient (Wildman–Crippen LogP) is 3.99. The normalized spacial score (nSPS) is 31.6. The standard InChI is InChI=1S/C15H13F3N2/c16-15(17,18)13-8-14(9-13,10-13)20-7-6-12(19-20)11-4-2-1-3-5-11/h1-7H,8-10H2. The highest BCUT2D eigenvalue weighted by Gasteiger charge is 2.79. The average Bonchev–Trinajstić information content (AvgIpc) is 2.74. The third kappa shape index (κ3) is 1.38. The number of hydrogen-bond donors (Lipinski definition) is 0. The molecule has 0 unspecified atom stereocenters. The van der Waals surface area contributed by atoms with Gasteiger partial charge in [0, 0.05) is 11.8 Å². The summed E-state index contributed by atoms with van der Waals surface area (Å²) in [5.41, 5.74) is -0.00576. The van der Waals surface area contributed by atoms with Crippen LogP contribution >= 0.6 is 0 Å². The highest BCUT2D eigenvalue weighted by molar-refractivity contribution is 5.58. The molecule has 1 aromatic heterocycles. The van der Waals surface area contributed by atoms with E-state index in [9.17, 15) is 13.2 Å². The van der Waals surface area contributed by atoms with E-state index >= 15 is 0 Å². The van der Waals surface area contributed by atoms with Crippen molar-refractivity contribution < 1.29 is 13.2 Å². The number of alkyl halides is 3. The zero-order valence-electron chi connectivity index (χ0n) is 10.7. The topological polar surface area (TPSA) is 17.8 Å². The Kier molecular flexibility index (Phi) is 2.07. The van der Waals surface area contributed by atoms with Crippen LogP contribution in [0.3, 0.4) is 0 Å². The number of rotatable bonds is 2. The maximum atomic E-state index is 12.8. The van der Waals surface area contributed by atoms with Crippen molar-refractivity contribution in [1.82, 2.24) is 9.78 Å². The smallest absolute Gasteiger partial charge is 0.266 e. The lowest BCUT2D eigenvalue weighted by Crippen LogP contribution is -2.73. The Morgan fingerprint density at radius 2 is 1.65 bits per heavy atom. The van der Waals surface area contributed by atoms with Crippen molar-refractivity contribution in [3.05, 3.63) is 42.6 Å². The van der Waals surface area contributed by atoms with Crippen molar-refractivity contribution in [2.24, 2.45) is 5.41 Å². The predicted molar refractivity (Wildman–Crippen MR) is 68.0 cm³/mol. The molecule has 20 heavy (non-hydrogen) atoms. The van der Waals surface area contributed by atoms with Gasteiger partial charge in [-0.1, -0.05) is 30.3 Å². The molecule has 0 amide bonds. The maximum Gasteiger partial charge on any atom is 0.394 e. The second-order valence-corrected chi connectivity index (χ2v) is 6.04. The van der Waals surface area contributed by atoms with Crippen LogP contribution in [0.4, 0.5) is 13.2 Å². The first-order valence-corrected chi connectivity index (χ1v) is 6.63. The molecule has 3 fully saturated rings. The van der Waals surface area contributed by atoms with Gasteiger partial charge in [0.1, 0.15) is 0 Å². The minimum absolute atomic E-state index is 0.180. The van der Waals surface area contributed by atoms with E-state index in [2.05, 4.69) is 5.10 Å². The second kappa shape index (κ2) is 3.45. The monoisotopic (exact) mass is 278 g/mol. The van der Waals surface area contributed by atoms with Crippen LogP contribution < -0.4 is 0 Å². The van der Waals surface area contributed by atoms with Crippen LogP contribution in [0.25, 0.3) is 11.3 Å². The molecule has 104 valence electrons. The third-order valence-corrected chi connectivity index (χ3v) is 4.75. The van der Waals surface area contributed by atoms with Crippen molar-refractivity contribution in [1.29, 1.82) is 0 Å².